The standard InChI is InChI=1S/C24H24N2O2/c27-21(15-7-3-1-4-8-15)23-11-20-24(22(28)16-9-5-2-6-10-16)12-19(23)25-14-18(24)17(23)13-26-20/h1-10,17-20,25-26H,11-14H2/t17-,18+,19+,20-,23+,24-. The molecule has 142 valence electrons. The van der Waals surface area contributed by atoms with Crippen molar-refractivity contribution in [3.8, 4) is 0 Å². The maximum Gasteiger partial charge on any atom is 0.170 e. The molecule has 2 N–H and O–H groups in total. The second-order valence-electron chi connectivity index (χ2n) is 9.01. The average molecular weight is 372 g/mol. The van der Waals surface area contributed by atoms with Crippen LogP contribution in [0.4, 0.5) is 0 Å². The number of piperidine rings is 4. The van der Waals surface area contributed by atoms with Crippen LogP contribution >= 0.6 is 0 Å². The summed E-state index contributed by atoms with van der Waals surface area (Å²) in [6, 6.07) is 19.6. The van der Waals surface area contributed by atoms with Gasteiger partial charge in [0.2, 0.25) is 0 Å². The highest BCUT2D eigenvalue weighted by Crippen LogP contribution is 2.68. The smallest absolute Gasteiger partial charge is 0.170 e. The summed E-state index contributed by atoms with van der Waals surface area (Å²) in [6.07, 6.45) is 1.52. The first-order chi connectivity index (χ1) is 13.7. The molecule has 4 heteroatoms. The summed E-state index contributed by atoms with van der Waals surface area (Å²) in [5.41, 5.74) is 0.867. The minimum absolute atomic E-state index is 0.0845. The van der Waals surface area contributed by atoms with E-state index in [0.29, 0.717) is 0 Å². The van der Waals surface area contributed by atoms with E-state index < -0.39 is 0 Å². The zero-order chi connectivity index (χ0) is 18.9. The first-order valence-corrected chi connectivity index (χ1v) is 10.3. The van der Waals surface area contributed by atoms with E-state index in [4.69, 9.17) is 0 Å². The van der Waals surface area contributed by atoms with Gasteiger partial charge in [0, 0.05) is 23.2 Å². The lowest BCUT2D eigenvalue weighted by Gasteiger charge is -2.73. The first kappa shape index (κ1) is 16.6. The molecule has 4 heterocycles. The topological polar surface area (TPSA) is 58.2 Å². The highest BCUT2D eigenvalue weighted by molar-refractivity contribution is 6.05. The molecule has 0 spiro atoms. The average Bonchev–Trinajstić information content (AvgIpc) is 2.79. The van der Waals surface area contributed by atoms with Crippen LogP contribution in [0, 0.1) is 22.7 Å². The second-order valence-corrected chi connectivity index (χ2v) is 9.01. The Hall–Kier alpha value is -2.30. The van der Waals surface area contributed by atoms with Gasteiger partial charge in [0.15, 0.2) is 11.6 Å². The number of ketones is 2. The molecule has 0 radical (unpaired) electrons. The van der Waals surface area contributed by atoms with Gasteiger partial charge in [-0.2, -0.15) is 0 Å². The molecule has 4 nitrogen and oxygen atoms in total. The number of carbonyl (C=O) groups is 2. The third kappa shape index (κ3) is 1.83. The minimum atomic E-state index is -0.376. The number of rotatable bonds is 4. The maximum absolute atomic E-state index is 13.7. The van der Waals surface area contributed by atoms with Gasteiger partial charge < -0.3 is 10.6 Å². The van der Waals surface area contributed by atoms with E-state index in [1.807, 2.05) is 60.7 Å². The number of hydrogen-bond donors (Lipinski definition) is 2. The molecule has 4 aliphatic heterocycles. The zero-order valence-electron chi connectivity index (χ0n) is 15.7. The molecule has 0 unspecified atom stereocenters. The molecule has 3 saturated carbocycles. The summed E-state index contributed by atoms with van der Waals surface area (Å²) in [4.78, 5) is 27.5. The first-order valence-electron chi connectivity index (χ1n) is 10.3. The number of fused-ring (bicyclic) bond motifs is 2. The Morgan fingerprint density at radius 1 is 0.679 bits per heavy atom. The van der Waals surface area contributed by atoms with Crippen molar-refractivity contribution in [3.05, 3.63) is 71.8 Å². The summed E-state index contributed by atoms with van der Waals surface area (Å²) >= 11 is 0. The Bertz CT molecular complexity index is 880. The van der Waals surface area contributed by atoms with E-state index in [0.717, 1.165) is 37.1 Å². The van der Waals surface area contributed by atoms with Gasteiger partial charge in [-0.15, -0.1) is 0 Å². The summed E-state index contributed by atoms with van der Waals surface area (Å²) in [5.74, 6) is 0.982. The molecule has 7 fully saturated rings. The van der Waals surface area contributed by atoms with Gasteiger partial charge in [0.1, 0.15) is 0 Å². The van der Waals surface area contributed by atoms with Crippen LogP contribution in [0.2, 0.25) is 0 Å². The number of nitrogens with one attached hydrogen (secondary N) is 2. The van der Waals surface area contributed by atoms with Gasteiger partial charge in [-0.1, -0.05) is 60.7 Å². The van der Waals surface area contributed by atoms with Crippen LogP contribution in [0.3, 0.4) is 0 Å². The molecule has 28 heavy (non-hydrogen) atoms. The van der Waals surface area contributed by atoms with Crippen molar-refractivity contribution in [1.82, 2.24) is 10.6 Å². The number of carbonyl (C=O) groups excluding carboxylic acids is 2. The van der Waals surface area contributed by atoms with Crippen LogP contribution in [-0.2, 0) is 0 Å². The van der Waals surface area contributed by atoms with Crippen molar-refractivity contribution < 1.29 is 9.59 Å². The molecule has 0 amide bonds. The predicted octanol–water partition coefficient (Wildman–Crippen LogP) is 2.71. The number of benzene rings is 2. The Morgan fingerprint density at radius 2 is 1.07 bits per heavy atom. The van der Waals surface area contributed by atoms with Gasteiger partial charge in [0.25, 0.3) is 0 Å². The van der Waals surface area contributed by atoms with E-state index in [-0.39, 0.29) is 46.3 Å². The molecule has 3 aliphatic carbocycles. The molecular formula is C24H24N2O2. The van der Waals surface area contributed by atoms with Crippen molar-refractivity contribution in [2.75, 3.05) is 13.1 Å². The lowest BCUT2D eigenvalue weighted by atomic mass is 9.35. The Morgan fingerprint density at radius 3 is 1.46 bits per heavy atom. The quantitative estimate of drug-likeness (QED) is 0.811. The number of Topliss-reactive ketones (excluding diaryl/α,β-unsaturated/α-hetero) is 2. The minimum Gasteiger partial charge on any atom is -0.313 e. The molecule has 2 aromatic carbocycles. The maximum atomic E-state index is 13.7. The summed E-state index contributed by atoms with van der Waals surface area (Å²) < 4.78 is 0. The van der Waals surface area contributed by atoms with Crippen LogP contribution < -0.4 is 10.6 Å². The van der Waals surface area contributed by atoms with Crippen LogP contribution in [0.15, 0.2) is 60.7 Å². The monoisotopic (exact) mass is 372 g/mol. The Balaban J connectivity index is 1.45. The highest BCUT2D eigenvalue weighted by Gasteiger charge is 2.76. The third-order valence-corrected chi connectivity index (χ3v) is 8.22. The number of hydrogen-bond acceptors (Lipinski definition) is 4. The lowest BCUT2D eigenvalue weighted by molar-refractivity contribution is -0.176. The second kappa shape index (κ2) is 5.62. The van der Waals surface area contributed by atoms with Crippen LogP contribution in [-0.4, -0.2) is 36.7 Å². The van der Waals surface area contributed by atoms with Crippen molar-refractivity contribution in [2.24, 2.45) is 22.7 Å². The van der Waals surface area contributed by atoms with Crippen molar-refractivity contribution in [1.29, 1.82) is 0 Å². The van der Waals surface area contributed by atoms with E-state index >= 15 is 0 Å². The van der Waals surface area contributed by atoms with Gasteiger partial charge in [0.05, 0.1) is 10.8 Å². The molecule has 6 bridgehead atoms. The molecular weight excluding hydrogens is 348 g/mol. The summed E-state index contributed by atoms with van der Waals surface area (Å²) in [7, 11) is 0. The third-order valence-electron chi connectivity index (χ3n) is 8.22. The Labute approximate surface area is 164 Å². The van der Waals surface area contributed by atoms with E-state index in [9.17, 15) is 9.59 Å². The van der Waals surface area contributed by atoms with Crippen LogP contribution in [0.5, 0.6) is 0 Å². The van der Waals surface area contributed by atoms with Crippen LogP contribution in [0.1, 0.15) is 33.6 Å². The van der Waals surface area contributed by atoms with Gasteiger partial charge in [-0.25, -0.2) is 0 Å². The largest absolute Gasteiger partial charge is 0.313 e. The molecule has 6 atom stereocenters. The van der Waals surface area contributed by atoms with Crippen LogP contribution in [0.25, 0.3) is 0 Å². The molecule has 0 aromatic heterocycles. The van der Waals surface area contributed by atoms with E-state index in [2.05, 4.69) is 10.6 Å². The Kier molecular flexibility index (Phi) is 3.34. The van der Waals surface area contributed by atoms with Gasteiger partial charge in [-0.3, -0.25) is 9.59 Å². The van der Waals surface area contributed by atoms with Crippen molar-refractivity contribution in [3.63, 3.8) is 0 Å². The molecule has 4 saturated heterocycles. The molecule has 7 aliphatic rings. The van der Waals surface area contributed by atoms with Crippen molar-refractivity contribution in [2.45, 2.75) is 24.9 Å². The normalized spacial score (nSPS) is 39.9. The highest BCUT2D eigenvalue weighted by atomic mass is 16.1. The van der Waals surface area contributed by atoms with Gasteiger partial charge in [-0.05, 0) is 37.8 Å². The summed E-state index contributed by atoms with van der Waals surface area (Å²) in [5, 5.41) is 7.31. The SMILES string of the molecule is O=C(c1ccccc1)[C@]12C[C@@H]3NC[C@H]1[C@H]1CN[C@@H]2C[C@@]31C(=O)c1ccccc1. The predicted molar refractivity (Wildman–Crippen MR) is 106 cm³/mol. The lowest BCUT2D eigenvalue weighted by Crippen LogP contribution is -2.85. The van der Waals surface area contributed by atoms with E-state index in [1.54, 1.807) is 0 Å². The molecule has 2 aromatic rings. The van der Waals surface area contributed by atoms with Gasteiger partial charge >= 0.3 is 0 Å². The van der Waals surface area contributed by atoms with E-state index in [1.165, 1.54) is 0 Å². The fourth-order valence-electron chi connectivity index (χ4n) is 7.11. The fourth-order valence-corrected chi connectivity index (χ4v) is 7.11. The summed E-state index contributed by atoms with van der Waals surface area (Å²) in [6.45, 7) is 1.69. The zero-order valence-corrected chi connectivity index (χ0v) is 15.7. The fraction of sp³-hybridized carbons (Fsp3) is 0.417. The molecule has 9 rings (SSSR count). The van der Waals surface area contributed by atoms with Crippen molar-refractivity contribution >= 4 is 11.6 Å².